The molecule has 1 aromatic heterocycles. The highest BCUT2D eigenvalue weighted by molar-refractivity contribution is 5.74. The molecule has 4 nitrogen and oxygen atoms in total. The third kappa shape index (κ3) is 2.96. The van der Waals surface area contributed by atoms with Crippen LogP contribution in [0.2, 0.25) is 0 Å². The van der Waals surface area contributed by atoms with Crippen molar-refractivity contribution in [2.45, 2.75) is 32.2 Å². The molecule has 1 heterocycles. The summed E-state index contributed by atoms with van der Waals surface area (Å²) in [6.45, 7) is 0.964. The zero-order chi connectivity index (χ0) is 12.8. The van der Waals surface area contributed by atoms with Crippen molar-refractivity contribution < 1.29 is 5.11 Å². The second-order valence-corrected chi connectivity index (χ2v) is 4.37. The lowest BCUT2D eigenvalue weighted by Gasteiger charge is -2.08. The lowest BCUT2D eigenvalue weighted by Crippen LogP contribution is -2.20. The topological polar surface area (TPSA) is 55.1 Å². The lowest BCUT2D eigenvalue weighted by molar-refractivity contribution is 0.282. The Kier molecular flexibility index (Phi) is 4.47. The van der Waals surface area contributed by atoms with Gasteiger partial charge in [-0.05, 0) is 25.0 Å². The highest BCUT2D eigenvalue weighted by atomic mass is 16.2. The number of aryl methyl sites for hydroxylation is 1. The van der Waals surface area contributed by atoms with E-state index in [9.17, 15) is 4.79 Å². The molecule has 0 aliphatic heterocycles. The fourth-order valence-electron chi connectivity index (χ4n) is 2.08. The van der Waals surface area contributed by atoms with E-state index in [1.54, 1.807) is 4.57 Å². The van der Waals surface area contributed by atoms with Crippen molar-refractivity contribution in [2.24, 2.45) is 0 Å². The van der Waals surface area contributed by atoms with Crippen molar-refractivity contribution in [2.75, 3.05) is 6.61 Å². The quantitative estimate of drug-likeness (QED) is 0.793. The van der Waals surface area contributed by atoms with Crippen LogP contribution in [0.4, 0.5) is 0 Å². The molecule has 0 bridgehead atoms. The van der Waals surface area contributed by atoms with E-state index in [1.165, 1.54) is 6.20 Å². The van der Waals surface area contributed by atoms with Gasteiger partial charge in [0.15, 0.2) is 0 Å². The smallest absolute Gasteiger partial charge is 0.269 e. The SMILES string of the molecule is O=c1cnc2ccccc2n1CCCCCCO. The van der Waals surface area contributed by atoms with Crippen LogP contribution in [0.25, 0.3) is 11.0 Å². The van der Waals surface area contributed by atoms with Gasteiger partial charge in [0.2, 0.25) is 0 Å². The molecule has 1 aromatic carbocycles. The van der Waals surface area contributed by atoms with E-state index in [4.69, 9.17) is 5.11 Å². The summed E-state index contributed by atoms with van der Waals surface area (Å²) in [6.07, 6.45) is 5.22. The largest absolute Gasteiger partial charge is 0.396 e. The summed E-state index contributed by atoms with van der Waals surface area (Å²) in [5.74, 6) is 0. The maximum atomic E-state index is 11.8. The van der Waals surface area contributed by atoms with E-state index < -0.39 is 0 Å². The number of hydrogen-bond donors (Lipinski definition) is 1. The summed E-state index contributed by atoms with van der Waals surface area (Å²) in [6, 6.07) is 7.69. The first-order valence-corrected chi connectivity index (χ1v) is 6.38. The monoisotopic (exact) mass is 246 g/mol. The predicted molar refractivity (Wildman–Crippen MR) is 71.6 cm³/mol. The number of benzene rings is 1. The minimum Gasteiger partial charge on any atom is -0.396 e. The Morgan fingerprint density at radius 2 is 1.89 bits per heavy atom. The van der Waals surface area contributed by atoms with E-state index in [0.29, 0.717) is 6.54 Å². The normalized spacial score (nSPS) is 10.9. The molecule has 0 aliphatic carbocycles. The van der Waals surface area contributed by atoms with Gasteiger partial charge in [-0.15, -0.1) is 0 Å². The van der Waals surface area contributed by atoms with Crippen molar-refractivity contribution in [1.82, 2.24) is 9.55 Å². The summed E-state index contributed by atoms with van der Waals surface area (Å²) in [7, 11) is 0. The Hall–Kier alpha value is -1.68. The first kappa shape index (κ1) is 12.8. The van der Waals surface area contributed by atoms with Crippen molar-refractivity contribution in [1.29, 1.82) is 0 Å². The number of aromatic nitrogens is 2. The number of aliphatic hydroxyl groups is 1. The third-order valence-electron chi connectivity index (χ3n) is 3.04. The van der Waals surface area contributed by atoms with Crippen LogP contribution in [0.5, 0.6) is 0 Å². The molecule has 0 saturated carbocycles. The van der Waals surface area contributed by atoms with E-state index >= 15 is 0 Å². The second kappa shape index (κ2) is 6.31. The van der Waals surface area contributed by atoms with Gasteiger partial charge in [0.05, 0.1) is 17.2 Å². The summed E-state index contributed by atoms with van der Waals surface area (Å²) in [5.41, 5.74) is 1.70. The maximum Gasteiger partial charge on any atom is 0.269 e. The first-order chi connectivity index (χ1) is 8.83. The summed E-state index contributed by atoms with van der Waals surface area (Å²) in [5, 5.41) is 8.70. The van der Waals surface area contributed by atoms with Crippen molar-refractivity contribution >= 4 is 11.0 Å². The fourth-order valence-corrected chi connectivity index (χ4v) is 2.08. The van der Waals surface area contributed by atoms with Gasteiger partial charge < -0.3 is 9.67 Å². The van der Waals surface area contributed by atoms with Crippen LogP contribution in [0, 0.1) is 0 Å². The molecule has 2 aromatic rings. The number of hydrogen-bond acceptors (Lipinski definition) is 3. The van der Waals surface area contributed by atoms with Gasteiger partial charge in [-0.2, -0.15) is 0 Å². The Labute approximate surface area is 106 Å². The van der Waals surface area contributed by atoms with E-state index in [-0.39, 0.29) is 12.2 Å². The zero-order valence-corrected chi connectivity index (χ0v) is 10.4. The van der Waals surface area contributed by atoms with Gasteiger partial charge in [0.25, 0.3) is 5.56 Å². The molecule has 1 N–H and O–H groups in total. The number of aliphatic hydroxyl groups excluding tert-OH is 1. The molecule has 0 saturated heterocycles. The Balaban J connectivity index is 2.12. The zero-order valence-electron chi connectivity index (χ0n) is 10.4. The van der Waals surface area contributed by atoms with Crippen LogP contribution in [0.1, 0.15) is 25.7 Å². The standard InChI is InChI=1S/C14H18N2O2/c17-10-6-2-1-5-9-16-13-8-4-3-7-12(13)15-11-14(16)18/h3-4,7-8,11,17H,1-2,5-6,9-10H2. The Morgan fingerprint density at radius 3 is 2.72 bits per heavy atom. The van der Waals surface area contributed by atoms with E-state index in [2.05, 4.69) is 4.98 Å². The molecule has 0 unspecified atom stereocenters. The van der Waals surface area contributed by atoms with Gasteiger partial charge >= 0.3 is 0 Å². The van der Waals surface area contributed by atoms with Crippen molar-refractivity contribution in [3.63, 3.8) is 0 Å². The molecule has 4 heteroatoms. The first-order valence-electron chi connectivity index (χ1n) is 6.38. The molecule has 0 amide bonds. The number of fused-ring (bicyclic) bond motifs is 1. The van der Waals surface area contributed by atoms with Crippen LogP contribution in [-0.4, -0.2) is 21.3 Å². The fraction of sp³-hybridized carbons (Fsp3) is 0.429. The molecule has 0 aliphatic rings. The average molecular weight is 246 g/mol. The summed E-state index contributed by atoms with van der Waals surface area (Å²) >= 11 is 0. The van der Waals surface area contributed by atoms with Gasteiger partial charge in [0.1, 0.15) is 0 Å². The summed E-state index contributed by atoms with van der Waals surface area (Å²) < 4.78 is 1.78. The molecule has 2 rings (SSSR count). The number of unbranched alkanes of at least 4 members (excludes halogenated alkanes) is 3. The van der Waals surface area contributed by atoms with E-state index in [1.807, 2.05) is 24.3 Å². The maximum absolute atomic E-state index is 11.8. The van der Waals surface area contributed by atoms with Gasteiger partial charge in [-0.3, -0.25) is 4.79 Å². The van der Waals surface area contributed by atoms with Gasteiger partial charge in [-0.25, -0.2) is 4.98 Å². The minimum absolute atomic E-state index is 0.0455. The molecular formula is C14H18N2O2. The molecule has 0 fully saturated rings. The van der Waals surface area contributed by atoms with Crippen LogP contribution >= 0.6 is 0 Å². The molecule has 0 radical (unpaired) electrons. The van der Waals surface area contributed by atoms with Gasteiger partial charge in [0, 0.05) is 13.2 Å². The molecule has 0 spiro atoms. The van der Waals surface area contributed by atoms with Gasteiger partial charge in [-0.1, -0.05) is 25.0 Å². The molecule has 0 atom stereocenters. The molecule has 18 heavy (non-hydrogen) atoms. The highest BCUT2D eigenvalue weighted by Crippen LogP contribution is 2.09. The van der Waals surface area contributed by atoms with Crippen LogP contribution in [0.3, 0.4) is 0 Å². The average Bonchev–Trinajstić information content (AvgIpc) is 2.41. The van der Waals surface area contributed by atoms with Crippen molar-refractivity contribution in [3.05, 3.63) is 40.8 Å². The summed E-state index contributed by atoms with van der Waals surface area (Å²) in [4.78, 5) is 15.9. The minimum atomic E-state index is -0.0455. The van der Waals surface area contributed by atoms with E-state index in [0.717, 1.165) is 36.7 Å². The number of rotatable bonds is 6. The van der Waals surface area contributed by atoms with Crippen LogP contribution in [0.15, 0.2) is 35.3 Å². The van der Waals surface area contributed by atoms with Crippen molar-refractivity contribution in [3.8, 4) is 0 Å². The highest BCUT2D eigenvalue weighted by Gasteiger charge is 2.02. The Morgan fingerprint density at radius 1 is 1.11 bits per heavy atom. The second-order valence-electron chi connectivity index (χ2n) is 4.37. The molecular weight excluding hydrogens is 228 g/mol. The predicted octanol–water partition coefficient (Wildman–Crippen LogP) is 1.95. The van der Waals surface area contributed by atoms with Crippen LogP contribution < -0.4 is 5.56 Å². The number of para-hydroxylation sites is 2. The third-order valence-corrected chi connectivity index (χ3v) is 3.04. The molecule has 96 valence electrons. The lowest BCUT2D eigenvalue weighted by atomic mass is 10.2. The van der Waals surface area contributed by atoms with Crippen LogP contribution in [-0.2, 0) is 6.54 Å². The number of nitrogens with zero attached hydrogens (tertiary/aromatic N) is 2. The Bertz CT molecular complexity index is 563.